The number of hydrogen-bond donors (Lipinski definition) is 27. The second-order valence-corrected chi connectivity index (χ2v) is 32.8. The molecule has 136 heavy (non-hydrogen) atoms. The SMILES string of the molecule is C#CCOCCOCCOCCOCCC(=O)N(CC(=O)N[C@@H](CCCC)C(=O)N[C@@H](CCN)C(=O)N[C@H](C(=O)N[C@H](CO)C(N)=O)[C@@H](C)O)CC(=O)N[C@@H](CCCC)C(=O)N[C@@H](CCN)C(=O)N[C@H](C(=O)N[C@H](CO)C(=O)N[C@H]1CCNC(=O)[C@H]([C@@H](C)O)NC(=O)[C@H](CCN)NC(=O)[C@H](CCN)NC(=O)[C@H](CC(C)C)NC(=O)[C@@H](Cc2ccccc2)NC(=O)[C@H](CCCN)NC1=O)[C@@H](C)O. The molecule has 1 fully saturated rings. The maximum Gasteiger partial charge on any atom is 0.245 e. The van der Waals surface area contributed by atoms with Crippen molar-refractivity contribution in [3.8, 4) is 12.3 Å². The largest absolute Gasteiger partial charge is 0.394 e. The molecule has 0 radical (unpaired) electrons. The molecule has 50 heteroatoms. The Morgan fingerprint density at radius 2 is 0.875 bits per heavy atom. The third-order valence-corrected chi connectivity index (χ3v) is 20.9. The van der Waals surface area contributed by atoms with Crippen molar-refractivity contribution in [3.05, 3.63) is 35.9 Å². The molecular weight excluding hydrogens is 1790 g/mol. The first-order chi connectivity index (χ1) is 64.7. The summed E-state index contributed by atoms with van der Waals surface area (Å²) in [6.45, 7) is 5.34. The maximum absolute atomic E-state index is 14.9. The van der Waals surface area contributed by atoms with Crippen LogP contribution in [0.3, 0.4) is 0 Å². The van der Waals surface area contributed by atoms with Crippen LogP contribution < -0.4 is 119 Å². The summed E-state index contributed by atoms with van der Waals surface area (Å²) in [7, 11) is 0. The third kappa shape index (κ3) is 46.5. The number of carbonyl (C=O) groups excluding carboxylic acids is 18. The zero-order chi connectivity index (χ0) is 102. The lowest BCUT2D eigenvalue weighted by atomic mass is 10.00. The minimum Gasteiger partial charge on any atom is -0.394 e. The lowest BCUT2D eigenvalue weighted by molar-refractivity contribution is -0.141. The zero-order valence-electron chi connectivity index (χ0n) is 78.6. The van der Waals surface area contributed by atoms with Crippen molar-refractivity contribution in [2.75, 3.05) is 118 Å². The van der Waals surface area contributed by atoms with Gasteiger partial charge in [-0.2, -0.15) is 0 Å². The van der Waals surface area contributed by atoms with Crippen LogP contribution in [-0.2, 0) is 112 Å². The quantitative estimate of drug-likeness (QED) is 0.0213. The number of unbranched alkanes of at least 4 members (excludes halogenated alkanes) is 2. The highest BCUT2D eigenvalue weighted by Crippen LogP contribution is 2.15. The fraction of sp³-hybridized carbons (Fsp3) is 0.698. The first-order valence-electron chi connectivity index (χ1n) is 45.7. The number of benzene rings is 1. The number of terminal acetylenes is 1. The van der Waals surface area contributed by atoms with Gasteiger partial charge in [0.05, 0.1) is 84.2 Å². The van der Waals surface area contributed by atoms with Crippen LogP contribution in [0, 0.1) is 18.3 Å². The molecule has 0 saturated carbocycles. The average Bonchev–Trinajstić information content (AvgIpc) is 1.07. The zero-order valence-corrected chi connectivity index (χ0v) is 78.6. The fourth-order valence-electron chi connectivity index (χ4n) is 13.4. The van der Waals surface area contributed by atoms with Crippen LogP contribution in [0.15, 0.2) is 30.3 Å². The third-order valence-electron chi connectivity index (χ3n) is 20.9. The summed E-state index contributed by atoms with van der Waals surface area (Å²) in [5.41, 5.74) is 35.2. The highest BCUT2D eigenvalue weighted by molar-refractivity contribution is 6.01. The number of nitrogens with one attached hydrogen (secondary N) is 16. The number of rotatable bonds is 60. The molecule has 18 amide bonds. The molecule has 768 valence electrons. The van der Waals surface area contributed by atoms with E-state index in [-0.39, 0.29) is 162 Å². The van der Waals surface area contributed by atoms with Crippen molar-refractivity contribution in [2.45, 2.75) is 260 Å². The van der Waals surface area contributed by atoms with Crippen LogP contribution in [-0.4, -0.2) is 364 Å². The van der Waals surface area contributed by atoms with E-state index in [4.69, 9.17) is 59.8 Å². The van der Waals surface area contributed by atoms with Crippen LogP contribution in [0.5, 0.6) is 0 Å². The van der Waals surface area contributed by atoms with Crippen LogP contribution in [0.1, 0.15) is 150 Å². The van der Waals surface area contributed by atoms with E-state index in [0.29, 0.717) is 24.8 Å². The van der Waals surface area contributed by atoms with E-state index < -0.39 is 261 Å². The first-order valence-corrected chi connectivity index (χ1v) is 45.7. The predicted molar refractivity (Wildman–Crippen MR) is 490 cm³/mol. The van der Waals surface area contributed by atoms with Gasteiger partial charge in [-0.05, 0) is 129 Å². The molecule has 1 aromatic rings. The number of aliphatic hydroxyl groups excluding tert-OH is 5. The Bertz CT molecular complexity index is 3980. The topological polar surface area (TPSA) is 797 Å². The van der Waals surface area contributed by atoms with E-state index in [1.807, 2.05) is 0 Å². The lowest BCUT2D eigenvalue weighted by Crippen LogP contribution is -2.62. The van der Waals surface area contributed by atoms with Gasteiger partial charge >= 0.3 is 0 Å². The second kappa shape index (κ2) is 67.8. The van der Waals surface area contributed by atoms with Crippen molar-refractivity contribution in [2.24, 2.45) is 40.3 Å². The molecule has 1 aliphatic heterocycles. The van der Waals surface area contributed by atoms with Crippen molar-refractivity contribution >= 4 is 106 Å². The summed E-state index contributed by atoms with van der Waals surface area (Å²) in [5.74, 6) is -17.0. The van der Waals surface area contributed by atoms with Gasteiger partial charge in [0, 0.05) is 13.0 Å². The minimum absolute atomic E-state index is 0.0210. The molecular formula is C86H147N23O27. The summed E-state index contributed by atoms with van der Waals surface area (Å²) in [4.78, 5) is 255. The van der Waals surface area contributed by atoms with Crippen molar-refractivity contribution < 1.29 is 131 Å². The monoisotopic (exact) mass is 1930 g/mol. The summed E-state index contributed by atoms with van der Waals surface area (Å²) in [5, 5.41) is 92.1. The summed E-state index contributed by atoms with van der Waals surface area (Å²) in [6, 6.07) is -16.4. The van der Waals surface area contributed by atoms with Crippen molar-refractivity contribution in [1.82, 2.24) is 90.0 Å². The van der Waals surface area contributed by atoms with Crippen molar-refractivity contribution in [1.29, 1.82) is 0 Å². The van der Waals surface area contributed by atoms with Gasteiger partial charge in [0.2, 0.25) is 106 Å². The van der Waals surface area contributed by atoms with Gasteiger partial charge in [-0.1, -0.05) is 89.6 Å². The van der Waals surface area contributed by atoms with E-state index in [1.54, 1.807) is 58.0 Å². The molecule has 0 spiro atoms. The first kappa shape index (κ1) is 121. The van der Waals surface area contributed by atoms with E-state index in [2.05, 4.69) is 91.0 Å². The number of ether oxygens (including phenoxy) is 4. The van der Waals surface area contributed by atoms with E-state index in [9.17, 15) is 112 Å². The number of nitrogens with two attached hydrogens (primary N) is 6. The number of nitrogens with zero attached hydrogens (tertiary/aromatic N) is 1. The molecule has 33 N–H and O–H groups in total. The van der Waals surface area contributed by atoms with Crippen LogP contribution in [0.2, 0.25) is 0 Å². The molecule has 2 rings (SSSR count). The van der Waals surface area contributed by atoms with Gasteiger partial charge in [-0.3, -0.25) is 86.3 Å². The van der Waals surface area contributed by atoms with Gasteiger partial charge < -0.3 is 169 Å². The van der Waals surface area contributed by atoms with E-state index in [1.165, 1.54) is 0 Å². The second-order valence-electron chi connectivity index (χ2n) is 32.8. The number of primary amides is 1. The highest BCUT2D eigenvalue weighted by Gasteiger charge is 2.41. The molecule has 1 saturated heterocycles. The molecule has 0 aliphatic carbocycles. The Labute approximate surface area is 791 Å². The molecule has 1 aliphatic rings. The minimum atomic E-state index is -2.08. The molecule has 0 aromatic heterocycles. The smallest absolute Gasteiger partial charge is 0.245 e. The van der Waals surface area contributed by atoms with Crippen LogP contribution in [0.25, 0.3) is 0 Å². The molecule has 0 unspecified atom stereocenters. The van der Waals surface area contributed by atoms with Gasteiger partial charge in [0.25, 0.3) is 0 Å². The van der Waals surface area contributed by atoms with Gasteiger partial charge in [0.1, 0.15) is 110 Å². The summed E-state index contributed by atoms with van der Waals surface area (Å²) < 4.78 is 21.7. The Morgan fingerprint density at radius 1 is 0.463 bits per heavy atom. The van der Waals surface area contributed by atoms with Gasteiger partial charge in [0.15, 0.2) is 0 Å². The van der Waals surface area contributed by atoms with Crippen LogP contribution >= 0.6 is 0 Å². The number of hydrogen-bond acceptors (Lipinski definition) is 32. The Balaban J connectivity index is 2.66. The number of carbonyl (C=O) groups is 18. The fourth-order valence-corrected chi connectivity index (χ4v) is 13.4. The summed E-state index contributed by atoms with van der Waals surface area (Å²) in [6.07, 6.45) is -1.34. The Morgan fingerprint density at radius 3 is 1.31 bits per heavy atom. The van der Waals surface area contributed by atoms with Gasteiger partial charge in [-0.15, -0.1) is 6.42 Å². The Hall–Kier alpha value is -11.3. The van der Waals surface area contributed by atoms with Gasteiger partial charge in [-0.25, -0.2) is 0 Å². The summed E-state index contributed by atoms with van der Waals surface area (Å²) >= 11 is 0. The average molecular weight is 1940 g/mol. The highest BCUT2D eigenvalue weighted by atomic mass is 16.6. The molecule has 18 atom stereocenters. The van der Waals surface area contributed by atoms with Crippen LogP contribution in [0.4, 0.5) is 0 Å². The molecule has 0 bridgehead atoms. The van der Waals surface area contributed by atoms with E-state index in [0.717, 1.165) is 25.7 Å². The van der Waals surface area contributed by atoms with E-state index >= 15 is 0 Å². The normalized spacial score (nSPS) is 19.6. The predicted octanol–water partition coefficient (Wildman–Crippen LogP) is -11.9. The molecule has 50 nitrogen and oxygen atoms in total. The lowest BCUT2D eigenvalue weighted by Gasteiger charge is -2.29. The number of aliphatic hydroxyl groups is 5. The molecule has 1 heterocycles. The Kier molecular flexibility index (Phi) is 60.2. The molecule has 1 aromatic carbocycles. The standard InChI is InChI=1S/C86H147N23O27/c1-9-12-20-54(73(119)97-59(25-32-90)79(125)107-70(51(7)113)85(131)104-64(47-110)72(92)118)94-66(115)45-109(68(117)28-36-134-38-40-136-42-41-135-39-37-133-35-11-3)46-67(116)95-55(21-13-10-2)74(120)98-60(26-33-91)80(126)108-71(52(8)114)86(132)105-65(48-111)83(129)101-61-27-34-93-84(130)69(50(6)112)106-78(124)58(24-31-89)99-76(122)57(23-30-88)100-81(127)62(43-49(4)5)102-82(128)63(44-53-18-15-14-16-19-53)103-75(121)56(22-17-29-87)96-77(61)123/h3,14-16,18-19,49-52,54-65,69-71,110-114H,9-10,12-13,17,20-48,87-91H2,1-2,4-8H3,(H2,92,118)(H,93,130)(H,94,115)(H,95,116)(H,96,123)(H,97,119)(H,98,120)(H,99,122)(H,100,127)(H,101,129)(H,102,128)(H,103,121)(H,104,131)(H,105,132)(H,106,124)(H,107,125)(H,108,126)/t50-,51-,52-,54+,55+,56+,57+,58+,59+,60+,61+,62+,63-,64-,65-,69+,70+,71+/m1/s1. The van der Waals surface area contributed by atoms with Crippen molar-refractivity contribution in [3.63, 3.8) is 0 Å². The maximum atomic E-state index is 14.9. The number of amides is 18.